The molecule has 1 heterocycles. The highest BCUT2D eigenvalue weighted by Crippen LogP contribution is 2.30. The fourth-order valence-corrected chi connectivity index (χ4v) is 2.46. The van der Waals surface area contributed by atoms with E-state index in [1.165, 1.54) is 18.2 Å². The van der Waals surface area contributed by atoms with Gasteiger partial charge >= 0.3 is 0 Å². The van der Waals surface area contributed by atoms with Crippen LogP contribution in [0.3, 0.4) is 0 Å². The maximum absolute atomic E-state index is 12.2. The summed E-state index contributed by atoms with van der Waals surface area (Å²) in [6, 6.07) is 4.37. The fourth-order valence-electron chi connectivity index (χ4n) is 2.46. The number of piperidine rings is 1. The predicted octanol–water partition coefficient (Wildman–Crippen LogP) is 1.33. The lowest BCUT2D eigenvalue weighted by Crippen LogP contribution is -2.40. The van der Waals surface area contributed by atoms with Crippen molar-refractivity contribution < 1.29 is 20.1 Å². The summed E-state index contributed by atoms with van der Waals surface area (Å²) in [5.41, 5.74) is 0.121. The molecule has 19 heavy (non-hydrogen) atoms. The van der Waals surface area contributed by atoms with Crippen molar-refractivity contribution in [3.63, 3.8) is 0 Å². The summed E-state index contributed by atoms with van der Waals surface area (Å²) in [6.07, 6.45) is 1.15. The Labute approximate surface area is 112 Å². The van der Waals surface area contributed by atoms with Crippen molar-refractivity contribution >= 4 is 5.91 Å². The lowest BCUT2D eigenvalue weighted by atomic mass is 9.92. The van der Waals surface area contributed by atoms with E-state index in [4.69, 9.17) is 0 Å². The van der Waals surface area contributed by atoms with Crippen LogP contribution in [0.15, 0.2) is 18.2 Å². The Bertz CT molecular complexity index is 465. The van der Waals surface area contributed by atoms with Gasteiger partial charge in [-0.2, -0.15) is 0 Å². The molecule has 5 heteroatoms. The molecular weight excluding hydrogens is 246 g/mol. The number of aliphatic hydroxyl groups is 1. The molecule has 0 aliphatic carbocycles. The normalized spacial score (nSPS) is 18.3. The second kappa shape index (κ2) is 5.48. The number of likely N-dealkylation sites (tertiary alicyclic amines) is 1. The van der Waals surface area contributed by atoms with Crippen LogP contribution < -0.4 is 0 Å². The molecule has 3 N–H and O–H groups in total. The Kier molecular flexibility index (Phi) is 3.95. The number of aliphatic hydroxyl groups excluding tert-OH is 1. The molecule has 104 valence electrons. The van der Waals surface area contributed by atoms with Gasteiger partial charge in [-0.25, -0.2) is 0 Å². The molecule has 1 atom stereocenters. The summed E-state index contributed by atoms with van der Waals surface area (Å²) in [7, 11) is 0. The zero-order valence-electron chi connectivity index (χ0n) is 10.9. The zero-order valence-corrected chi connectivity index (χ0v) is 10.9. The SMILES string of the molecule is CC(O)C1CCN(C(=O)c2cccc(O)c2O)CC1. The van der Waals surface area contributed by atoms with Gasteiger partial charge in [0.25, 0.3) is 5.91 Å². The first-order valence-electron chi connectivity index (χ1n) is 6.49. The Morgan fingerprint density at radius 2 is 1.95 bits per heavy atom. The van der Waals surface area contributed by atoms with E-state index in [0.29, 0.717) is 13.1 Å². The molecule has 0 aromatic heterocycles. The molecule has 1 aliphatic rings. The van der Waals surface area contributed by atoms with Gasteiger partial charge in [0.1, 0.15) is 0 Å². The number of carbonyl (C=O) groups is 1. The van der Waals surface area contributed by atoms with Gasteiger partial charge in [-0.05, 0) is 37.8 Å². The number of hydrogen-bond donors (Lipinski definition) is 3. The van der Waals surface area contributed by atoms with E-state index >= 15 is 0 Å². The van der Waals surface area contributed by atoms with Gasteiger partial charge in [0.2, 0.25) is 0 Å². The molecule has 0 spiro atoms. The predicted molar refractivity (Wildman–Crippen MR) is 70.1 cm³/mol. The molecule has 1 aromatic carbocycles. The third-order valence-electron chi connectivity index (χ3n) is 3.75. The van der Waals surface area contributed by atoms with Crippen molar-refractivity contribution in [2.75, 3.05) is 13.1 Å². The van der Waals surface area contributed by atoms with E-state index in [0.717, 1.165) is 12.8 Å². The topological polar surface area (TPSA) is 81.0 Å². The highest BCUT2D eigenvalue weighted by Gasteiger charge is 2.27. The largest absolute Gasteiger partial charge is 0.504 e. The molecule has 1 fully saturated rings. The van der Waals surface area contributed by atoms with Crippen LogP contribution in [-0.4, -0.2) is 45.3 Å². The van der Waals surface area contributed by atoms with Crippen molar-refractivity contribution in [2.45, 2.75) is 25.9 Å². The third-order valence-corrected chi connectivity index (χ3v) is 3.75. The highest BCUT2D eigenvalue weighted by atomic mass is 16.3. The molecule has 1 unspecified atom stereocenters. The van der Waals surface area contributed by atoms with Crippen LogP contribution in [0.25, 0.3) is 0 Å². The van der Waals surface area contributed by atoms with Gasteiger partial charge in [0.15, 0.2) is 11.5 Å². The van der Waals surface area contributed by atoms with E-state index < -0.39 is 0 Å². The molecular formula is C14H19NO4. The number of phenols is 2. The minimum absolute atomic E-state index is 0.121. The minimum atomic E-state index is -0.370. The maximum atomic E-state index is 12.2. The minimum Gasteiger partial charge on any atom is -0.504 e. The summed E-state index contributed by atoms with van der Waals surface area (Å²) in [5.74, 6) is -0.714. The average molecular weight is 265 g/mol. The van der Waals surface area contributed by atoms with E-state index in [9.17, 15) is 20.1 Å². The lowest BCUT2D eigenvalue weighted by Gasteiger charge is -2.33. The number of benzene rings is 1. The van der Waals surface area contributed by atoms with Crippen molar-refractivity contribution in [2.24, 2.45) is 5.92 Å². The number of phenolic OH excluding ortho intramolecular Hbond substituents is 2. The van der Waals surface area contributed by atoms with E-state index in [1.54, 1.807) is 11.8 Å². The number of nitrogens with zero attached hydrogens (tertiary/aromatic N) is 1. The van der Waals surface area contributed by atoms with Gasteiger partial charge in [-0.3, -0.25) is 4.79 Å². The van der Waals surface area contributed by atoms with Gasteiger partial charge in [0.05, 0.1) is 11.7 Å². The van der Waals surface area contributed by atoms with Crippen molar-refractivity contribution in [3.8, 4) is 11.5 Å². The first kappa shape index (κ1) is 13.7. The first-order valence-corrected chi connectivity index (χ1v) is 6.49. The Hall–Kier alpha value is -1.75. The molecule has 0 radical (unpaired) electrons. The quantitative estimate of drug-likeness (QED) is 0.705. The molecule has 1 saturated heterocycles. The number of para-hydroxylation sites is 1. The standard InChI is InChI=1S/C14H19NO4/c1-9(16)10-5-7-15(8-6-10)14(19)11-3-2-4-12(17)13(11)18/h2-4,9-10,16-18H,5-8H2,1H3. The summed E-state index contributed by atoms with van der Waals surface area (Å²) in [4.78, 5) is 13.9. The molecule has 2 rings (SSSR count). The van der Waals surface area contributed by atoms with Crippen molar-refractivity contribution in [3.05, 3.63) is 23.8 Å². The van der Waals surface area contributed by atoms with E-state index in [1.807, 2.05) is 0 Å². The lowest BCUT2D eigenvalue weighted by molar-refractivity contribution is 0.0519. The van der Waals surface area contributed by atoms with E-state index in [2.05, 4.69) is 0 Å². The maximum Gasteiger partial charge on any atom is 0.257 e. The number of rotatable bonds is 2. The van der Waals surface area contributed by atoms with Gasteiger partial charge in [-0.15, -0.1) is 0 Å². The number of hydrogen-bond acceptors (Lipinski definition) is 4. The molecule has 5 nitrogen and oxygen atoms in total. The van der Waals surface area contributed by atoms with Crippen molar-refractivity contribution in [1.82, 2.24) is 4.90 Å². The van der Waals surface area contributed by atoms with Crippen LogP contribution in [0.1, 0.15) is 30.1 Å². The van der Waals surface area contributed by atoms with Gasteiger partial charge in [0, 0.05) is 13.1 Å². The monoisotopic (exact) mass is 265 g/mol. The van der Waals surface area contributed by atoms with Crippen LogP contribution in [0.5, 0.6) is 11.5 Å². The first-order chi connectivity index (χ1) is 9.00. The average Bonchev–Trinajstić information content (AvgIpc) is 2.41. The molecule has 0 saturated carbocycles. The summed E-state index contributed by atoms with van der Waals surface area (Å²) in [6.45, 7) is 2.89. The second-order valence-electron chi connectivity index (χ2n) is 5.04. The summed E-state index contributed by atoms with van der Waals surface area (Å²) in [5, 5.41) is 28.6. The number of amides is 1. The Morgan fingerprint density at radius 3 is 2.53 bits per heavy atom. The van der Waals surface area contributed by atoms with Crippen LogP contribution in [0.2, 0.25) is 0 Å². The molecule has 1 aliphatic heterocycles. The zero-order chi connectivity index (χ0) is 14.0. The van der Waals surface area contributed by atoms with Crippen LogP contribution in [0, 0.1) is 5.92 Å². The van der Waals surface area contributed by atoms with Crippen LogP contribution in [0.4, 0.5) is 0 Å². The van der Waals surface area contributed by atoms with E-state index in [-0.39, 0.29) is 35.0 Å². The molecule has 1 amide bonds. The molecule has 0 bridgehead atoms. The molecule has 1 aromatic rings. The van der Waals surface area contributed by atoms with Gasteiger partial charge < -0.3 is 20.2 Å². The number of aromatic hydroxyl groups is 2. The number of carbonyl (C=O) groups excluding carboxylic acids is 1. The van der Waals surface area contributed by atoms with Crippen LogP contribution in [-0.2, 0) is 0 Å². The third kappa shape index (κ3) is 2.81. The fraction of sp³-hybridized carbons (Fsp3) is 0.500. The Balaban J connectivity index is 2.07. The summed E-state index contributed by atoms with van der Waals surface area (Å²) < 4.78 is 0. The highest BCUT2D eigenvalue weighted by molar-refractivity contribution is 5.97. The smallest absolute Gasteiger partial charge is 0.257 e. The Morgan fingerprint density at radius 1 is 1.32 bits per heavy atom. The van der Waals surface area contributed by atoms with Crippen LogP contribution >= 0.6 is 0 Å². The second-order valence-corrected chi connectivity index (χ2v) is 5.04. The summed E-state index contributed by atoms with van der Waals surface area (Å²) >= 11 is 0. The van der Waals surface area contributed by atoms with Crippen molar-refractivity contribution in [1.29, 1.82) is 0 Å². The van der Waals surface area contributed by atoms with Gasteiger partial charge in [-0.1, -0.05) is 6.07 Å².